The molecule has 1 unspecified atom stereocenters. The number of rotatable bonds is 10. The van der Waals surface area contributed by atoms with Gasteiger partial charge in [-0.2, -0.15) is 0 Å². The van der Waals surface area contributed by atoms with E-state index in [-0.39, 0.29) is 18.7 Å². The predicted octanol–water partition coefficient (Wildman–Crippen LogP) is 3.06. The Hall–Kier alpha value is -2.70. The van der Waals surface area contributed by atoms with Crippen LogP contribution >= 0.6 is 0 Å². The maximum Gasteiger partial charge on any atom is 0.264 e. The number of hydrogen-bond donors (Lipinski definition) is 2. The predicted molar refractivity (Wildman–Crippen MR) is 109 cm³/mol. The zero-order chi connectivity index (χ0) is 20.8. The molecule has 1 aromatic rings. The highest BCUT2D eigenvalue weighted by Crippen LogP contribution is 2.32. The lowest BCUT2D eigenvalue weighted by Gasteiger charge is -2.27. The molecule has 4 amide bonds. The smallest absolute Gasteiger partial charge is 0.264 e. The minimum atomic E-state index is -0.939. The van der Waals surface area contributed by atoms with E-state index in [1.54, 1.807) is 18.2 Å². The van der Waals surface area contributed by atoms with Gasteiger partial charge < -0.3 is 5.32 Å². The molecule has 7 heteroatoms. The molecule has 1 saturated heterocycles. The summed E-state index contributed by atoms with van der Waals surface area (Å²) in [7, 11) is 0. The fourth-order valence-electron chi connectivity index (χ4n) is 3.89. The number of hydrogen-bond acceptors (Lipinski definition) is 5. The molecule has 155 valence electrons. The van der Waals surface area contributed by atoms with Crippen molar-refractivity contribution in [1.29, 1.82) is 0 Å². The number of unbranched alkanes of at least 4 members (excludes halogenated alkanes) is 6. The normalized spacial score (nSPS) is 18.8. The highest BCUT2D eigenvalue weighted by Gasteiger charge is 2.45. The van der Waals surface area contributed by atoms with Crippen molar-refractivity contribution in [3.8, 4) is 0 Å². The van der Waals surface area contributed by atoms with Gasteiger partial charge in [0.05, 0.1) is 11.1 Å². The number of fused-ring (bicyclic) bond motifs is 1. The summed E-state index contributed by atoms with van der Waals surface area (Å²) in [6, 6.07) is 4.19. The summed E-state index contributed by atoms with van der Waals surface area (Å²) in [6.45, 7) is 4.56. The van der Waals surface area contributed by atoms with Gasteiger partial charge in [-0.3, -0.25) is 29.4 Å². The Morgan fingerprint density at radius 3 is 2.45 bits per heavy atom. The summed E-state index contributed by atoms with van der Waals surface area (Å²) in [5, 5.41) is 5.49. The van der Waals surface area contributed by atoms with Crippen LogP contribution in [0.25, 0.3) is 0 Å². The van der Waals surface area contributed by atoms with Crippen LogP contribution in [0.2, 0.25) is 0 Å². The molecule has 29 heavy (non-hydrogen) atoms. The summed E-state index contributed by atoms with van der Waals surface area (Å²) in [5.41, 5.74) is 1.24. The first-order chi connectivity index (χ1) is 14.0. The van der Waals surface area contributed by atoms with E-state index < -0.39 is 23.8 Å². The first-order valence-corrected chi connectivity index (χ1v) is 10.4. The fourth-order valence-corrected chi connectivity index (χ4v) is 3.89. The standard InChI is InChI=1S/C22H28N3O4/c1-2-3-4-5-6-7-8-14-23-16-11-9-10-15-19(16)22(29)25(21(15)28)17-12-13-18(26)24-20(17)27/h9-11,17,23H,1-8,12-14H2,(H,24,26,27). The maximum absolute atomic E-state index is 13.0. The van der Waals surface area contributed by atoms with Gasteiger partial charge in [-0.05, 0) is 25.0 Å². The van der Waals surface area contributed by atoms with E-state index in [0.29, 0.717) is 23.4 Å². The van der Waals surface area contributed by atoms with Gasteiger partial charge in [-0.1, -0.05) is 51.5 Å². The number of imide groups is 2. The molecule has 2 aliphatic heterocycles. The molecule has 1 atom stereocenters. The highest BCUT2D eigenvalue weighted by atomic mass is 16.2. The topological polar surface area (TPSA) is 95.6 Å². The van der Waals surface area contributed by atoms with Gasteiger partial charge in [0.25, 0.3) is 11.8 Å². The van der Waals surface area contributed by atoms with Gasteiger partial charge in [-0.25, -0.2) is 0 Å². The van der Waals surface area contributed by atoms with Gasteiger partial charge in [0.2, 0.25) is 11.8 Å². The van der Waals surface area contributed by atoms with E-state index in [1.165, 1.54) is 25.7 Å². The maximum atomic E-state index is 13.0. The Bertz CT molecular complexity index is 805. The number of benzene rings is 1. The minimum absolute atomic E-state index is 0.115. The molecule has 2 aliphatic rings. The first kappa shape index (κ1) is 21.0. The van der Waals surface area contributed by atoms with E-state index in [0.717, 1.165) is 24.2 Å². The summed E-state index contributed by atoms with van der Waals surface area (Å²) in [6.07, 6.45) is 8.13. The van der Waals surface area contributed by atoms with E-state index in [4.69, 9.17) is 0 Å². The van der Waals surface area contributed by atoms with Crippen molar-refractivity contribution in [2.75, 3.05) is 11.9 Å². The Morgan fingerprint density at radius 2 is 1.72 bits per heavy atom. The van der Waals surface area contributed by atoms with Gasteiger partial charge in [-0.15, -0.1) is 0 Å². The van der Waals surface area contributed by atoms with Gasteiger partial charge in [0, 0.05) is 18.7 Å². The summed E-state index contributed by atoms with van der Waals surface area (Å²) in [4.78, 5) is 50.3. The van der Waals surface area contributed by atoms with Crippen LogP contribution in [0.5, 0.6) is 0 Å². The molecule has 1 fully saturated rings. The molecule has 2 heterocycles. The average molecular weight is 398 g/mol. The van der Waals surface area contributed by atoms with Crippen LogP contribution in [0.4, 0.5) is 5.69 Å². The molecule has 0 spiro atoms. The molecule has 1 radical (unpaired) electrons. The summed E-state index contributed by atoms with van der Waals surface area (Å²) in [5.74, 6) is -1.93. The van der Waals surface area contributed by atoms with E-state index in [9.17, 15) is 19.2 Å². The highest BCUT2D eigenvalue weighted by molar-refractivity contribution is 6.25. The molecule has 0 bridgehead atoms. The van der Waals surface area contributed by atoms with Crippen molar-refractivity contribution in [3.05, 3.63) is 36.2 Å². The molecule has 7 nitrogen and oxygen atoms in total. The molecular weight excluding hydrogens is 370 g/mol. The molecule has 0 aliphatic carbocycles. The van der Waals surface area contributed by atoms with Gasteiger partial charge >= 0.3 is 0 Å². The van der Waals surface area contributed by atoms with Crippen LogP contribution in [0.15, 0.2) is 18.2 Å². The third-order valence-electron chi connectivity index (χ3n) is 5.46. The van der Waals surface area contributed by atoms with Crippen molar-refractivity contribution in [2.24, 2.45) is 0 Å². The zero-order valence-corrected chi connectivity index (χ0v) is 16.7. The number of carbonyl (C=O) groups is 4. The van der Waals surface area contributed by atoms with Gasteiger partial charge in [0.15, 0.2) is 0 Å². The summed E-state index contributed by atoms with van der Waals surface area (Å²) < 4.78 is 0. The van der Waals surface area contributed by atoms with Crippen molar-refractivity contribution in [3.63, 3.8) is 0 Å². The number of amides is 4. The molecule has 2 N–H and O–H groups in total. The van der Waals surface area contributed by atoms with Crippen LogP contribution in [0.3, 0.4) is 0 Å². The quantitative estimate of drug-likeness (QED) is 0.466. The Morgan fingerprint density at radius 1 is 1.00 bits per heavy atom. The second-order valence-electron chi connectivity index (χ2n) is 7.58. The summed E-state index contributed by atoms with van der Waals surface area (Å²) >= 11 is 0. The SMILES string of the molecule is [CH2]CCCCCCCCNc1cccc2c1C(=O)N(C1CCC(=O)NC1=O)C2=O. The molecule has 0 saturated carbocycles. The first-order valence-electron chi connectivity index (χ1n) is 10.4. The number of anilines is 1. The van der Waals surface area contributed by atoms with Crippen molar-refractivity contribution in [1.82, 2.24) is 10.2 Å². The second kappa shape index (κ2) is 9.67. The fraction of sp³-hybridized carbons (Fsp3) is 0.500. The number of nitrogens with one attached hydrogen (secondary N) is 2. The Balaban J connectivity index is 1.61. The average Bonchev–Trinajstić information content (AvgIpc) is 2.95. The van der Waals surface area contributed by atoms with E-state index in [1.807, 2.05) is 0 Å². The third-order valence-corrected chi connectivity index (χ3v) is 5.46. The van der Waals surface area contributed by atoms with Crippen LogP contribution in [0, 0.1) is 6.92 Å². The third kappa shape index (κ3) is 4.66. The van der Waals surface area contributed by atoms with Gasteiger partial charge in [0.1, 0.15) is 6.04 Å². The van der Waals surface area contributed by atoms with Crippen LogP contribution in [-0.2, 0) is 9.59 Å². The zero-order valence-electron chi connectivity index (χ0n) is 16.7. The van der Waals surface area contributed by atoms with Crippen LogP contribution in [0.1, 0.15) is 78.5 Å². The molecule has 0 aromatic heterocycles. The lowest BCUT2D eigenvalue weighted by Crippen LogP contribution is -2.54. The monoisotopic (exact) mass is 398 g/mol. The van der Waals surface area contributed by atoms with Crippen molar-refractivity contribution in [2.45, 2.75) is 63.8 Å². The second-order valence-corrected chi connectivity index (χ2v) is 7.58. The lowest BCUT2D eigenvalue weighted by molar-refractivity contribution is -0.136. The van der Waals surface area contributed by atoms with Crippen LogP contribution in [-0.4, -0.2) is 41.1 Å². The van der Waals surface area contributed by atoms with Crippen molar-refractivity contribution < 1.29 is 19.2 Å². The molecular formula is C22H28N3O4. The minimum Gasteiger partial charge on any atom is -0.384 e. The molecule has 1 aromatic carbocycles. The largest absolute Gasteiger partial charge is 0.384 e. The van der Waals surface area contributed by atoms with E-state index in [2.05, 4.69) is 17.6 Å². The van der Waals surface area contributed by atoms with Crippen molar-refractivity contribution >= 4 is 29.3 Å². The van der Waals surface area contributed by atoms with E-state index >= 15 is 0 Å². The number of carbonyl (C=O) groups excluding carboxylic acids is 4. The lowest BCUT2D eigenvalue weighted by atomic mass is 10.0. The number of piperidine rings is 1. The molecule has 3 rings (SSSR count). The van der Waals surface area contributed by atoms with Crippen LogP contribution < -0.4 is 10.6 Å². The Kier molecular flexibility index (Phi) is 7.01. The number of nitrogens with zero attached hydrogens (tertiary/aromatic N) is 1. The Labute approximate surface area is 171 Å².